The van der Waals surface area contributed by atoms with Crippen molar-refractivity contribution in [3.05, 3.63) is 84.9 Å². The summed E-state index contributed by atoms with van der Waals surface area (Å²) in [6.45, 7) is 0. The van der Waals surface area contributed by atoms with Crippen LogP contribution in [0.3, 0.4) is 0 Å². The first-order chi connectivity index (χ1) is 12.3. The van der Waals surface area contributed by atoms with Crippen molar-refractivity contribution in [1.29, 1.82) is 0 Å². The molecule has 0 unspecified atom stereocenters. The quantitative estimate of drug-likeness (QED) is 0.584. The summed E-state index contributed by atoms with van der Waals surface area (Å²) in [6, 6.07) is 26.2. The number of nitrogens with zero attached hydrogens (tertiary/aromatic N) is 4. The van der Waals surface area contributed by atoms with Crippen LogP contribution in [-0.2, 0) is 0 Å². The van der Waals surface area contributed by atoms with Crippen molar-refractivity contribution >= 4 is 11.4 Å². The first-order valence-electron chi connectivity index (χ1n) is 7.85. The number of anilines is 2. The lowest BCUT2D eigenvalue weighted by molar-refractivity contribution is -0.704. The summed E-state index contributed by atoms with van der Waals surface area (Å²) in [5.41, 5.74) is 3.07. The molecule has 0 radical (unpaired) electrons. The van der Waals surface area contributed by atoms with E-state index in [0.29, 0.717) is 5.69 Å². The molecule has 0 spiro atoms. The Morgan fingerprint density at radius 2 is 1.44 bits per heavy atom. The Kier molecular flexibility index (Phi) is 3.84. The molecular weight excluding hydrogens is 314 g/mol. The van der Waals surface area contributed by atoms with Crippen LogP contribution >= 0.6 is 0 Å². The van der Waals surface area contributed by atoms with Crippen LogP contribution in [0.4, 0.5) is 11.4 Å². The van der Waals surface area contributed by atoms with Crippen molar-refractivity contribution in [3.8, 4) is 17.4 Å². The lowest BCUT2D eigenvalue weighted by Gasteiger charge is -2.10. The number of aromatic nitrogens is 4. The molecule has 1 aromatic heterocycles. The van der Waals surface area contributed by atoms with Gasteiger partial charge in [0.25, 0.3) is 6.01 Å². The molecular formula is C19H15N5O. The second-order valence-corrected chi connectivity index (χ2v) is 5.42. The molecule has 0 saturated heterocycles. The fraction of sp³-hybridized carbons (Fsp3) is 0. The molecule has 122 valence electrons. The van der Waals surface area contributed by atoms with Crippen LogP contribution in [-0.4, -0.2) is 15.1 Å². The highest BCUT2D eigenvalue weighted by atomic mass is 16.3. The highest BCUT2D eigenvalue weighted by Gasteiger charge is 2.18. The number of tetrazole rings is 1. The van der Waals surface area contributed by atoms with E-state index in [0.717, 1.165) is 17.1 Å². The van der Waals surface area contributed by atoms with Gasteiger partial charge < -0.3 is 10.4 Å². The molecule has 4 rings (SSSR count). The van der Waals surface area contributed by atoms with Gasteiger partial charge in [-0.15, -0.1) is 4.68 Å². The molecule has 0 fully saturated rings. The third kappa shape index (κ3) is 3.05. The highest BCUT2D eigenvalue weighted by Crippen LogP contribution is 2.21. The molecule has 25 heavy (non-hydrogen) atoms. The summed E-state index contributed by atoms with van der Waals surface area (Å²) < 4.78 is 1.29. The van der Waals surface area contributed by atoms with E-state index in [4.69, 9.17) is 0 Å². The topological polar surface area (TPSA) is 69.7 Å². The number of hydrogen-bond donors (Lipinski definition) is 1. The smallest absolute Gasteiger partial charge is 0.272 e. The van der Waals surface area contributed by atoms with Gasteiger partial charge in [-0.3, -0.25) is 0 Å². The van der Waals surface area contributed by atoms with Crippen LogP contribution in [0.15, 0.2) is 84.9 Å². The number of benzene rings is 3. The largest absolute Gasteiger partial charge is 0.816 e. The van der Waals surface area contributed by atoms with E-state index in [2.05, 4.69) is 15.6 Å². The number of rotatable bonds is 4. The normalized spacial score (nSPS) is 10.6. The lowest BCUT2D eigenvalue weighted by Crippen LogP contribution is -2.37. The molecule has 0 atom stereocenters. The summed E-state index contributed by atoms with van der Waals surface area (Å²) in [4.78, 5) is 1.33. The molecule has 6 nitrogen and oxygen atoms in total. The number of hydrogen-bond acceptors (Lipinski definition) is 4. The Balaban J connectivity index is 1.75. The van der Waals surface area contributed by atoms with Crippen LogP contribution in [0.25, 0.3) is 11.4 Å². The van der Waals surface area contributed by atoms with E-state index < -0.39 is 6.01 Å². The van der Waals surface area contributed by atoms with E-state index >= 15 is 0 Å². The Bertz CT molecular complexity index is 983. The van der Waals surface area contributed by atoms with Gasteiger partial charge in [0.05, 0.1) is 16.0 Å². The molecule has 6 heteroatoms. The summed E-state index contributed by atoms with van der Waals surface area (Å²) in [5, 5.41) is 24.0. The number of nitrogens with one attached hydrogen (secondary N) is 1. The van der Waals surface area contributed by atoms with Gasteiger partial charge in [0.15, 0.2) is 11.4 Å². The minimum absolute atomic E-state index is 0.439. The fourth-order valence-electron chi connectivity index (χ4n) is 2.53. The predicted molar refractivity (Wildman–Crippen MR) is 92.1 cm³/mol. The summed E-state index contributed by atoms with van der Waals surface area (Å²) in [5.74, 6) is 0. The molecule has 0 aliphatic heterocycles. The minimum atomic E-state index is -0.439. The third-order valence-electron chi connectivity index (χ3n) is 3.71. The molecule has 4 aromatic rings. The van der Waals surface area contributed by atoms with Gasteiger partial charge in [-0.25, -0.2) is 0 Å². The monoisotopic (exact) mass is 329 g/mol. The first-order valence-corrected chi connectivity index (χ1v) is 7.85. The van der Waals surface area contributed by atoms with Gasteiger partial charge >= 0.3 is 0 Å². The van der Waals surface area contributed by atoms with Crippen molar-refractivity contribution < 1.29 is 9.79 Å². The van der Waals surface area contributed by atoms with Gasteiger partial charge in [0.2, 0.25) is 0 Å². The van der Waals surface area contributed by atoms with Crippen LogP contribution in [0.1, 0.15) is 0 Å². The van der Waals surface area contributed by atoms with Crippen LogP contribution < -0.4 is 15.1 Å². The van der Waals surface area contributed by atoms with E-state index in [1.807, 2.05) is 84.9 Å². The highest BCUT2D eigenvalue weighted by molar-refractivity contribution is 5.66. The molecule has 1 heterocycles. The maximum atomic E-state index is 12.4. The minimum Gasteiger partial charge on any atom is -0.816 e. The van der Waals surface area contributed by atoms with Crippen molar-refractivity contribution in [3.63, 3.8) is 0 Å². The van der Waals surface area contributed by atoms with Crippen molar-refractivity contribution in [2.45, 2.75) is 0 Å². The second-order valence-electron chi connectivity index (χ2n) is 5.42. The molecule has 0 bridgehead atoms. The van der Waals surface area contributed by atoms with Gasteiger partial charge in [-0.2, -0.15) is 0 Å². The molecule has 1 N–H and O–H groups in total. The van der Waals surface area contributed by atoms with Crippen molar-refractivity contribution in [1.82, 2.24) is 15.1 Å². The fourth-order valence-corrected chi connectivity index (χ4v) is 2.53. The lowest BCUT2D eigenvalue weighted by atomic mass is 10.2. The predicted octanol–water partition coefficient (Wildman–Crippen LogP) is 2.36. The SMILES string of the molecule is [O-]c1nn(-c2ccccc2)n[n+]1-c1ccccc1Nc1ccccc1. The van der Waals surface area contributed by atoms with Crippen LogP contribution in [0.2, 0.25) is 0 Å². The zero-order chi connectivity index (χ0) is 17.1. The zero-order valence-corrected chi connectivity index (χ0v) is 13.3. The summed E-state index contributed by atoms with van der Waals surface area (Å²) in [7, 11) is 0. The zero-order valence-electron chi connectivity index (χ0n) is 13.3. The maximum Gasteiger partial charge on any atom is 0.272 e. The molecule has 0 saturated carbocycles. The van der Waals surface area contributed by atoms with E-state index in [1.54, 1.807) is 0 Å². The Labute approximate surface area is 144 Å². The Morgan fingerprint density at radius 3 is 2.20 bits per heavy atom. The van der Waals surface area contributed by atoms with E-state index in [-0.39, 0.29) is 0 Å². The van der Waals surface area contributed by atoms with Crippen LogP contribution in [0.5, 0.6) is 6.01 Å². The van der Waals surface area contributed by atoms with Gasteiger partial charge in [0.1, 0.15) is 0 Å². The third-order valence-corrected chi connectivity index (χ3v) is 3.71. The molecule has 3 aromatic carbocycles. The van der Waals surface area contributed by atoms with Crippen LogP contribution in [0, 0.1) is 0 Å². The molecule has 0 amide bonds. The average molecular weight is 329 g/mol. The van der Waals surface area contributed by atoms with Gasteiger partial charge in [-0.1, -0.05) is 48.5 Å². The van der Waals surface area contributed by atoms with E-state index in [9.17, 15) is 5.11 Å². The standard InChI is InChI=1S/C19H15N5O/c25-19-21-24(16-11-5-2-6-12-16)22-23(19)18-14-8-7-13-17(18)20-15-9-3-1-4-10-15/h1-14H,(H-,20,21,22,25). The van der Waals surface area contributed by atoms with Crippen molar-refractivity contribution in [2.75, 3.05) is 5.32 Å². The van der Waals surface area contributed by atoms with Crippen molar-refractivity contribution in [2.24, 2.45) is 0 Å². The summed E-state index contributed by atoms with van der Waals surface area (Å²) in [6.07, 6.45) is 0. The second kappa shape index (κ2) is 6.45. The van der Waals surface area contributed by atoms with Gasteiger partial charge in [0, 0.05) is 10.5 Å². The van der Waals surface area contributed by atoms with E-state index in [1.165, 1.54) is 9.48 Å². The first kappa shape index (κ1) is 14.9. The number of para-hydroxylation sites is 4. The Hall–Kier alpha value is -3.67. The summed E-state index contributed by atoms with van der Waals surface area (Å²) >= 11 is 0. The molecule has 0 aliphatic carbocycles. The maximum absolute atomic E-state index is 12.4. The molecule has 0 aliphatic rings. The average Bonchev–Trinajstić information content (AvgIpc) is 3.05. The Morgan fingerprint density at radius 1 is 0.800 bits per heavy atom. The van der Waals surface area contributed by atoms with Gasteiger partial charge in [-0.05, 0) is 36.4 Å².